The number of hydrogen-bond acceptors (Lipinski definition) is 7. The summed E-state index contributed by atoms with van der Waals surface area (Å²) in [4.78, 5) is 40.8. The molecule has 0 aromatic heterocycles. The maximum absolute atomic E-state index is 12.6. The van der Waals surface area contributed by atoms with E-state index in [9.17, 15) is 14.4 Å². The summed E-state index contributed by atoms with van der Waals surface area (Å²) >= 11 is 1.42. The zero-order valence-electron chi connectivity index (χ0n) is 17.5. The number of carbonyl (C=O) groups is 3. The first-order valence-electron chi connectivity index (χ1n) is 9.33. The topological polar surface area (TPSA) is 76.2 Å². The standard InChI is InChI=1S/C21H28N2O5S/c1-21(2,3)28-20(26)23-12-11-22(14-16(23)19(25)27-4)18(29-5)13-17(24)15-9-7-6-8-10-15/h6-10,13,16H,11-12,14H2,1-5H3/b18-13-/t16-/m0/s1. The fourth-order valence-electron chi connectivity index (χ4n) is 2.94. The lowest BCUT2D eigenvalue weighted by atomic mass is 10.1. The molecule has 1 aliphatic heterocycles. The number of ether oxygens (including phenoxy) is 2. The normalized spacial score (nSPS) is 17.7. The van der Waals surface area contributed by atoms with Crippen molar-refractivity contribution in [1.82, 2.24) is 9.80 Å². The molecule has 8 heteroatoms. The molecule has 0 radical (unpaired) electrons. The van der Waals surface area contributed by atoms with E-state index in [0.717, 1.165) is 5.03 Å². The van der Waals surface area contributed by atoms with Gasteiger partial charge in [-0.15, -0.1) is 11.8 Å². The van der Waals surface area contributed by atoms with Gasteiger partial charge in [-0.3, -0.25) is 9.69 Å². The average Bonchev–Trinajstić information content (AvgIpc) is 2.70. The molecule has 1 saturated heterocycles. The van der Waals surface area contributed by atoms with Crippen LogP contribution < -0.4 is 0 Å². The van der Waals surface area contributed by atoms with E-state index in [1.54, 1.807) is 39.0 Å². The third-order valence-corrected chi connectivity index (χ3v) is 5.11. The highest BCUT2D eigenvalue weighted by atomic mass is 32.2. The largest absolute Gasteiger partial charge is 0.467 e. The number of benzene rings is 1. The van der Waals surface area contributed by atoms with Crippen LogP contribution in [-0.2, 0) is 14.3 Å². The van der Waals surface area contributed by atoms with E-state index in [-0.39, 0.29) is 18.9 Å². The lowest BCUT2D eigenvalue weighted by Gasteiger charge is -2.41. The van der Waals surface area contributed by atoms with Gasteiger partial charge in [0.2, 0.25) is 0 Å². The molecular weight excluding hydrogens is 392 g/mol. The van der Waals surface area contributed by atoms with Crippen molar-refractivity contribution in [3.05, 3.63) is 47.0 Å². The highest BCUT2D eigenvalue weighted by Gasteiger charge is 2.38. The van der Waals surface area contributed by atoms with Crippen LogP contribution in [-0.4, -0.2) is 72.3 Å². The Balaban J connectivity index is 2.20. The van der Waals surface area contributed by atoms with Crippen molar-refractivity contribution in [2.24, 2.45) is 0 Å². The summed E-state index contributed by atoms with van der Waals surface area (Å²) in [5.41, 5.74) is -0.0719. The number of piperazine rings is 1. The molecule has 1 aliphatic rings. The van der Waals surface area contributed by atoms with Crippen LogP contribution in [0.3, 0.4) is 0 Å². The van der Waals surface area contributed by atoms with Crippen LogP contribution >= 0.6 is 11.8 Å². The third-order valence-electron chi connectivity index (χ3n) is 4.32. The zero-order chi connectivity index (χ0) is 21.6. The molecule has 158 valence electrons. The van der Waals surface area contributed by atoms with Gasteiger partial charge >= 0.3 is 12.1 Å². The van der Waals surface area contributed by atoms with Gasteiger partial charge in [0.1, 0.15) is 5.60 Å². The van der Waals surface area contributed by atoms with Crippen molar-refractivity contribution < 1.29 is 23.9 Å². The summed E-state index contributed by atoms with van der Waals surface area (Å²) in [7, 11) is 1.29. The third kappa shape index (κ3) is 6.25. The predicted octanol–water partition coefficient (Wildman–Crippen LogP) is 3.17. The van der Waals surface area contributed by atoms with Gasteiger partial charge in [0.05, 0.1) is 12.1 Å². The van der Waals surface area contributed by atoms with Gasteiger partial charge in [-0.2, -0.15) is 0 Å². The highest BCUT2D eigenvalue weighted by Crippen LogP contribution is 2.24. The Morgan fingerprint density at radius 2 is 1.79 bits per heavy atom. The second-order valence-corrected chi connectivity index (χ2v) is 8.40. The molecule has 29 heavy (non-hydrogen) atoms. The minimum atomic E-state index is -0.814. The first kappa shape index (κ1) is 22.8. The summed E-state index contributed by atoms with van der Waals surface area (Å²) < 4.78 is 10.3. The van der Waals surface area contributed by atoms with Crippen molar-refractivity contribution in [2.75, 3.05) is 33.0 Å². The molecule has 1 aromatic carbocycles. The molecule has 0 aliphatic carbocycles. The molecule has 1 atom stereocenters. The first-order chi connectivity index (χ1) is 13.7. The first-order valence-corrected chi connectivity index (χ1v) is 10.6. The number of nitrogens with zero attached hydrogens (tertiary/aromatic N) is 2. The molecule has 2 rings (SSSR count). The number of hydrogen-bond donors (Lipinski definition) is 0. The maximum Gasteiger partial charge on any atom is 0.411 e. The van der Waals surface area contributed by atoms with Gasteiger partial charge in [0.25, 0.3) is 0 Å². The fraction of sp³-hybridized carbons (Fsp3) is 0.476. The van der Waals surface area contributed by atoms with Crippen LogP contribution in [0.2, 0.25) is 0 Å². The Morgan fingerprint density at radius 1 is 1.14 bits per heavy atom. The summed E-state index contributed by atoms with van der Waals surface area (Å²) in [5.74, 6) is -0.630. The van der Waals surface area contributed by atoms with Gasteiger partial charge in [0.15, 0.2) is 11.8 Å². The molecule has 0 spiro atoms. The Labute approximate surface area is 176 Å². The van der Waals surface area contributed by atoms with Gasteiger partial charge in [0, 0.05) is 31.3 Å². The van der Waals surface area contributed by atoms with E-state index in [2.05, 4.69) is 0 Å². The van der Waals surface area contributed by atoms with Crippen LogP contribution in [0.25, 0.3) is 0 Å². The molecule has 0 bridgehead atoms. The zero-order valence-corrected chi connectivity index (χ0v) is 18.3. The Kier molecular flexibility index (Phi) is 7.73. The van der Waals surface area contributed by atoms with E-state index >= 15 is 0 Å². The van der Waals surface area contributed by atoms with Gasteiger partial charge in [-0.25, -0.2) is 9.59 Å². The van der Waals surface area contributed by atoms with Gasteiger partial charge in [-0.05, 0) is 27.0 Å². The molecular formula is C21H28N2O5S. The van der Waals surface area contributed by atoms with Crippen molar-refractivity contribution in [3.8, 4) is 0 Å². The van der Waals surface area contributed by atoms with Crippen molar-refractivity contribution in [3.63, 3.8) is 0 Å². The van der Waals surface area contributed by atoms with Crippen LogP contribution in [0.5, 0.6) is 0 Å². The summed E-state index contributed by atoms with van der Waals surface area (Å²) in [5, 5.41) is 0.733. The quantitative estimate of drug-likeness (QED) is 0.411. The number of methoxy groups -OCH3 is 1. The molecule has 1 aromatic rings. The average molecular weight is 421 g/mol. The van der Waals surface area contributed by atoms with Crippen LogP contribution in [0.4, 0.5) is 4.79 Å². The minimum absolute atomic E-state index is 0.112. The maximum atomic E-state index is 12.6. The number of esters is 1. The molecule has 1 fully saturated rings. The fourth-order valence-corrected chi connectivity index (χ4v) is 3.59. The number of thioether (sulfide) groups is 1. The summed E-state index contributed by atoms with van der Waals surface area (Å²) in [6.45, 7) is 6.31. The van der Waals surface area contributed by atoms with Crippen LogP contribution in [0.15, 0.2) is 41.4 Å². The van der Waals surface area contributed by atoms with E-state index in [1.807, 2.05) is 29.4 Å². The minimum Gasteiger partial charge on any atom is -0.467 e. The Bertz CT molecular complexity index is 773. The highest BCUT2D eigenvalue weighted by molar-refractivity contribution is 8.02. The Morgan fingerprint density at radius 3 is 2.34 bits per heavy atom. The monoisotopic (exact) mass is 420 g/mol. The smallest absolute Gasteiger partial charge is 0.411 e. The summed E-state index contributed by atoms with van der Waals surface area (Å²) in [6, 6.07) is 8.18. The number of carbonyl (C=O) groups excluding carboxylic acids is 3. The number of ketones is 1. The van der Waals surface area contributed by atoms with Crippen LogP contribution in [0.1, 0.15) is 31.1 Å². The SMILES string of the molecule is COC(=O)[C@@H]1CN(/C(=C/C(=O)c2ccccc2)SC)CCN1C(=O)OC(C)(C)C. The molecule has 1 heterocycles. The molecule has 7 nitrogen and oxygen atoms in total. The van der Waals surface area contributed by atoms with Crippen molar-refractivity contribution in [1.29, 1.82) is 0 Å². The second kappa shape index (κ2) is 9.82. The van der Waals surface area contributed by atoms with E-state index in [4.69, 9.17) is 9.47 Å². The van der Waals surface area contributed by atoms with E-state index in [1.165, 1.54) is 23.8 Å². The second-order valence-electron chi connectivity index (χ2n) is 7.58. The summed E-state index contributed by atoms with van der Waals surface area (Å²) in [6.07, 6.45) is 2.89. The van der Waals surface area contributed by atoms with Gasteiger partial charge in [-0.1, -0.05) is 30.3 Å². The van der Waals surface area contributed by atoms with E-state index < -0.39 is 23.7 Å². The van der Waals surface area contributed by atoms with Crippen LogP contribution in [0, 0.1) is 0 Å². The van der Waals surface area contributed by atoms with Crippen molar-refractivity contribution >= 4 is 29.6 Å². The van der Waals surface area contributed by atoms with E-state index in [0.29, 0.717) is 12.1 Å². The number of allylic oxidation sites excluding steroid dienone is 1. The number of rotatable bonds is 5. The molecule has 1 amide bonds. The van der Waals surface area contributed by atoms with Crippen molar-refractivity contribution in [2.45, 2.75) is 32.4 Å². The molecule has 0 saturated carbocycles. The lowest BCUT2D eigenvalue weighted by molar-refractivity contribution is -0.148. The van der Waals surface area contributed by atoms with Gasteiger partial charge < -0.3 is 14.4 Å². The molecule has 0 unspecified atom stereocenters. The number of amides is 1. The predicted molar refractivity (Wildman–Crippen MR) is 113 cm³/mol. The lowest BCUT2D eigenvalue weighted by Crippen LogP contribution is -2.58. The Hall–Kier alpha value is -2.48. The molecule has 0 N–H and O–H groups in total.